The van der Waals surface area contributed by atoms with Crippen LogP contribution < -0.4 is 10.6 Å². The number of hydrogen-bond acceptors (Lipinski definition) is 4. The van der Waals surface area contributed by atoms with E-state index in [2.05, 4.69) is 10.6 Å². The van der Waals surface area contributed by atoms with E-state index in [4.69, 9.17) is 9.68 Å². The molecule has 2 amide bonds. The molecule has 0 atom stereocenters. The van der Waals surface area contributed by atoms with Crippen molar-refractivity contribution in [2.24, 2.45) is 0 Å². The van der Waals surface area contributed by atoms with Crippen LogP contribution >= 0.6 is 0 Å². The van der Waals surface area contributed by atoms with Gasteiger partial charge in [0.05, 0.1) is 17.9 Å². The van der Waals surface area contributed by atoms with E-state index in [1.54, 1.807) is 48.5 Å². The Morgan fingerprint density at radius 2 is 1.81 bits per heavy atom. The number of carbonyl (C=O) groups is 2. The fourth-order valence-corrected chi connectivity index (χ4v) is 2.32. The van der Waals surface area contributed by atoms with Crippen LogP contribution in [0.1, 0.15) is 32.0 Å². The average Bonchev–Trinajstić information content (AvgIpc) is 3.22. The van der Waals surface area contributed by atoms with E-state index >= 15 is 0 Å². The van der Waals surface area contributed by atoms with Crippen molar-refractivity contribution in [2.75, 3.05) is 5.32 Å². The largest absolute Gasteiger partial charge is 0.459 e. The summed E-state index contributed by atoms with van der Waals surface area (Å²) < 4.78 is 5.04. The van der Waals surface area contributed by atoms with Gasteiger partial charge in [-0.1, -0.05) is 18.2 Å². The predicted octanol–water partition coefficient (Wildman–Crippen LogP) is 3.33. The van der Waals surface area contributed by atoms with Crippen LogP contribution in [-0.4, -0.2) is 11.8 Å². The van der Waals surface area contributed by atoms with Crippen LogP contribution in [0.2, 0.25) is 0 Å². The Bertz CT molecular complexity index is 955. The van der Waals surface area contributed by atoms with Gasteiger partial charge in [-0.2, -0.15) is 5.26 Å². The monoisotopic (exact) mass is 345 g/mol. The summed E-state index contributed by atoms with van der Waals surface area (Å²) in [7, 11) is 0. The summed E-state index contributed by atoms with van der Waals surface area (Å²) in [6, 6.07) is 18.9. The fraction of sp³-hybridized carbons (Fsp3) is 0.0500. The van der Waals surface area contributed by atoms with Gasteiger partial charge in [-0.15, -0.1) is 0 Å². The molecule has 2 N–H and O–H groups in total. The molecule has 0 saturated heterocycles. The molecule has 0 unspecified atom stereocenters. The van der Waals surface area contributed by atoms with Crippen molar-refractivity contribution in [3.8, 4) is 6.07 Å². The minimum Gasteiger partial charge on any atom is -0.459 e. The van der Waals surface area contributed by atoms with Crippen molar-refractivity contribution in [2.45, 2.75) is 6.54 Å². The molecule has 0 aliphatic heterocycles. The third kappa shape index (κ3) is 4.16. The van der Waals surface area contributed by atoms with Gasteiger partial charge in [-0.3, -0.25) is 9.59 Å². The first-order chi connectivity index (χ1) is 12.7. The highest BCUT2D eigenvalue weighted by atomic mass is 16.3. The molecule has 128 valence electrons. The summed E-state index contributed by atoms with van der Waals surface area (Å²) in [5, 5.41) is 14.4. The Labute approximate surface area is 150 Å². The predicted molar refractivity (Wildman–Crippen MR) is 95.4 cm³/mol. The zero-order valence-electron chi connectivity index (χ0n) is 13.7. The standard InChI is InChI=1S/C20H15N3O3/c21-12-15-3-1-4-16(11-15)19(24)22-13-14-6-8-17(9-7-14)23-20(25)18-5-2-10-26-18/h1-11H,13H2,(H,22,24)(H,23,25). The number of carbonyl (C=O) groups excluding carboxylic acids is 2. The SMILES string of the molecule is N#Cc1cccc(C(=O)NCc2ccc(NC(=O)c3ccco3)cc2)c1. The van der Waals surface area contributed by atoms with Crippen LogP contribution in [0.15, 0.2) is 71.3 Å². The molecular weight excluding hydrogens is 330 g/mol. The van der Waals surface area contributed by atoms with Gasteiger partial charge < -0.3 is 15.1 Å². The highest BCUT2D eigenvalue weighted by Crippen LogP contribution is 2.12. The van der Waals surface area contributed by atoms with E-state index in [0.717, 1.165) is 5.56 Å². The molecule has 26 heavy (non-hydrogen) atoms. The molecule has 0 aliphatic carbocycles. The van der Waals surface area contributed by atoms with Gasteiger partial charge in [-0.25, -0.2) is 0 Å². The van der Waals surface area contributed by atoms with Crippen LogP contribution in [0.5, 0.6) is 0 Å². The summed E-state index contributed by atoms with van der Waals surface area (Å²) in [5.74, 6) is -0.341. The lowest BCUT2D eigenvalue weighted by molar-refractivity contribution is 0.0949. The first-order valence-electron chi connectivity index (χ1n) is 7.88. The Morgan fingerprint density at radius 1 is 1.00 bits per heavy atom. The van der Waals surface area contributed by atoms with Gasteiger partial charge in [-0.05, 0) is 48.0 Å². The number of furan rings is 1. The number of anilines is 1. The van der Waals surface area contributed by atoms with Crippen molar-refractivity contribution in [1.29, 1.82) is 5.26 Å². The van der Waals surface area contributed by atoms with Crippen molar-refractivity contribution in [1.82, 2.24) is 5.32 Å². The molecule has 3 rings (SSSR count). The molecule has 3 aromatic rings. The quantitative estimate of drug-likeness (QED) is 0.741. The van der Waals surface area contributed by atoms with Crippen molar-refractivity contribution in [3.05, 3.63) is 89.4 Å². The fourth-order valence-electron chi connectivity index (χ4n) is 2.32. The lowest BCUT2D eigenvalue weighted by atomic mass is 10.1. The smallest absolute Gasteiger partial charge is 0.291 e. The summed E-state index contributed by atoms with van der Waals surface area (Å²) in [6.07, 6.45) is 1.44. The van der Waals surface area contributed by atoms with Gasteiger partial charge in [0.25, 0.3) is 11.8 Å². The summed E-state index contributed by atoms with van der Waals surface area (Å²) >= 11 is 0. The number of amides is 2. The van der Waals surface area contributed by atoms with Crippen LogP contribution in [0.3, 0.4) is 0 Å². The van der Waals surface area contributed by atoms with Gasteiger partial charge in [0.2, 0.25) is 0 Å². The Balaban J connectivity index is 1.56. The average molecular weight is 345 g/mol. The number of rotatable bonds is 5. The van der Waals surface area contributed by atoms with Crippen LogP contribution in [0.4, 0.5) is 5.69 Å². The van der Waals surface area contributed by atoms with Crippen molar-refractivity contribution < 1.29 is 14.0 Å². The normalized spacial score (nSPS) is 9.96. The molecule has 1 aromatic heterocycles. The van der Waals surface area contributed by atoms with Crippen LogP contribution in [-0.2, 0) is 6.54 Å². The minimum absolute atomic E-state index is 0.237. The molecule has 0 radical (unpaired) electrons. The maximum absolute atomic E-state index is 12.1. The Morgan fingerprint density at radius 3 is 2.50 bits per heavy atom. The van der Waals surface area contributed by atoms with Gasteiger partial charge in [0.1, 0.15) is 0 Å². The topological polar surface area (TPSA) is 95.1 Å². The molecule has 6 heteroatoms. The zero-order valence-corrected chi connectivity index (χ0v) is 13.7. The van der Waals surface area contributed by atoms with E-state index in [9.17, 15) is 9.59 Å². The number of benzene rings is 2. The summed E-state index contributed by atoms with van der Waals surface area (Å²) in [5.41, 5.74) is 2.38. The second-order valence-corrected chi connectivity index (χ2v) is 5.50. The second-order valence-electron chi connectivity index (χ2n) is 5.50. The first-order valence-corrected chi connectivity index (χ1v) is 7.88. The third-order valence-corrected chi connectivity index (χ3v) is 3.66. The molecular formula is C20H15N3O3. The number of hydrogen-bond donors (Lipinski definition) is 2. The molecule has 1 heterocycles. The van der Waals surface area contributed by atoms with Crippen LogP contribution in [0, 0.1) is 11.3 Å². The maximum atomic E-state index is 12.1. The van der Waals surface area contributed by atoms with Gasteiger partial charge >= 0.3 is 0 Å². The van der Waals surface area contributed by atoms with Gasteiger partial charge in [0.15, 0.2) is 5.76 Å². The number of nitrogens with zero attached hydrogens (tertiary/aromatic N) is 1. The molecule has 0 saturated carbocycles. The second kappa shape index (κ2) is 7.81. The summed E-state index contributed by atoms with van der Waals surface area (Å²) in [6.45, 7) is 0.335. The molecule has 0 spiro atoms. The third-order valence-electron chi connectivity index (χ3n) is 3.66. The Hall–Kier alpha value is -3.85. The lowest BCUT2D eigenvalue weighted by Crippen LogP contribution is -2.22. The molecule has 2 aromatic carbocycles. The zero-order chi connectivity index (χ0) is 18.4. The van der Waals surface area contributed by atoms with E-state index in [0.29, 0.717) is 23.4 Å². The minimum atomic E-state index is -0.326. The van der Waals surface area contributed by atoms with Crippen molar-refractivity contribution >= 4 is 17.5 Å². The number of nitriles is 1. The van der Waals surface area contributed by atoms with Crippen molar-refractivity contribution in [3.63, 3.8) is 0 Å². The molecule has 0 fully saturated rings. The first kappa shape index (κ1) is 17.0. The molecule has 0 aliphatic rings. The van der Waals surface area contributed by atoms with E-state index < -0.39 is 0 Å². The highest BCUT2D eigenvalue weighted by Gasteiger charge is 2.09. The maximum Gasteiger partial charge on any atom is 0.291 e. The molecule has 0 bridgehead atoms. The van der Waals surface area contributed by atoms with E-state index in [1.807, 2.05) is 18.2 Å². The molecule has 6 nitrogen and oxygen atoms in total. The van der Waals surface area contributed by atoms with Crippen LogP contribution in [0.25, 0.3) is 0 Å². The van der Waals surface area contributed by atoms with E-state index in [1.165, 1.54) is 6.26 Å². The number of nitrogens with one attached hydrogen (secondary N) is 2. The Kier molecular flexibility index (Phi) is 5.11. The van der Waals surface area contributed by atoms with E-state index in [-0.39, 0.29) is 17.6 Å². The highest BCUT2D eigenvalue weighted by molar-refractivity contribution is 6.02. The lowest BCUT2D eigenvalue weighted by Gasteiger charge is -2.07. The summed E-state index contributed by atoms with van der Waals surface area (Å²) in [4.78, 5) is 24.0. The van der Waals surface area contributed by atoms with Gasteiger partial charge in [0, 0.05) is 17.8 Å².